The van der Waals surface area contributed by atoms with Crippen molar-refractivity contribution in [1.82, 2.24) is 0 Å². The molecule has 0 atom stereocenters. The molecule has 0 fully saturated rings. The van der Waals surface area contributed by atoms with Crippen LogP contribution in [0.3, 0.4) is 0 Å². The van der Waals surface area contributed by atoms with E-state index in [1.165, 1.54) is 0 Å². The Bertz CT molecular complexity index is 363. The zero-order chi connectivity index (χ0) is 10.7. The van der Waals surface area contributed by atoms with Gasteiger partial charge in [0.1, 0.15) is 24.4 Å². The van der Waals surface area contributed by atoms with Crippen molar-refractivity contribution < 1.29 is 24.2 Å². The van der Waals surface area contributed by atoms with E-state index < -0.39 is 11.9 Å². The average Bonchev–Trinajstić information content (AvgIpc) is 2.28. The lowest BCUT2D eigenvalue weighted by Gasteiger charge is -1.92. The number of furan rings is 1. The number of rotatable bonds is 4. The zero-order valence-corrected chi connectivity index (χ0v) is 7.61. The minimum Gasteiger partial charge on any atom is -0.481 e. The van der Waals surface area contributed by atoms with Gasteiger partial charge in [0, 0.05) is 0 Å². The monoisotopic (exact) mass is 198 g/mol. The number of aryl methyl sites for hydroxylation is 1. The second-order valence-corrected chi connectivity index (χ2v) is 2.96. The Morgan fingerprint density at radius 1 is 1.29 bits per heavy atom. The van der Waals surface area contributed by atoms with Crippen LogP contribution in [0.15, 0.2) is 10.5 Å². The van der Waals surface area contributed by atoms with Crippen LogP contribution in [0, 0.1) is 6.92 Å². The van der Waals surface area contributed by atoms with Crippen molar-refractivity contribution in [2.45, 2.75) is 19.8 Å². The van der Waals surface area contributed by atoms with E-state index in [-0.39, 0.29) is 18.6 Å². The van der Waals surface area contributed by atoms with Crippen LogP contribution in [0.25, 0.3) is 0 Å². The van der Waals surface area contributed by atoms with Crippen LogP contribution < -0.4 is 0 Å². The third kappa shape index (κ3) is 2.62. The van der Waals surface area contributed by atoms with E-state index in [1.54, 1.807) is 13.0 Å². The summed E-state index contributed by atoms with van der Waals surface area (Å²) < 4.78 is 5.07. The molecule has 0 aromatic carbocycles. The fourth-order valence-corrected chi connectivity index (χ4v) is 1.14. The molecule has 14 heavy (non-hydrogen) atoms. The molecule has 1 aromatic rings. The third-order valence-corrected chi connectivity index (χ3v) is 1.71. The van der Waals surface area contributed by atoms with Crippen LogP contribution in [-0.4, -0.2) is 22.2 Å². The lowest BCUT2D eigenvalue weighted by Crippen LogP contribution is -2.00. The highest BCUT2D eigenvalue weighted by Crippen LogP contribution is 2.15. The SMILES string of the molecule is Cc1cc(CC(=O)O)oc1CC(=O)O. The second kappa shape index (κ2) is 3.95. The van der Waals surface area contributed by atoms with Crippen LogP contribution in [0.2, 0.25) is 0 Å². The number of carboxylic acids is 2. The molecule has 0 spiro atoms. The van der Waals surface area contributed by atoms with Crippen molar-refractivity contribution in [1.29, 1.82) is 0 Å². The Hall–Kier alpha value is -1.78. The summed E-state index contributed by atoms with van der Waals surface area (Å²) in [4.78, 5) is 20.7. The Morgan fingerprint density at radius 2 is 1.86 bits per heavy atom. The van der Waals surface area contributed by atoms with Gasteiger partial charge in [-0.2, -0.15) is 0 Å². The van der Waals surface area contributed by atoms with Crippen LogP contribution in [-0.2, 0) is 22.4 Å². The van der Waals surface area contributed by atoms with E-state index in [0.29, 0.717) is 11.3 Å². The molecule has 2 N–H and O–H groups in total. The number of carbonyl (C=O) groups is 2. The molecule has 1 rings (SSSR count). The molecule has 0 amide bonds. The average molecular weight is 198 g/mol. The Morgan fingerprint density at radius 3 is 2.36 bits per heavy atom. The van der Waals surface area contributed by atoms with E-state index in [9.17, 15) is 9.59 Å². The van der Waals surface area contributed by atoms with Crippen molar-refractivity contribution in [3.8, 4) is 0 Å². The maximum atomic E-state index is 10.4. The van der Waals surface area contributed by atoms with Gasteiger partial charge < -0.3 is 14.6 Å². The highest BCUT2D eigenvalue weighted by molar-refractivity contribution is 5.71. The van der Waals surface area contributed by atoms with Crippen molar-refractivity contribution in [2.75, 3.05) is 0 Å². The molecule has 0 saturated heterocycles. The van der Waals surface area contributed by atoms with Crippen LogP contribution in [0.1, 0.15) is 17.1 Å². The van der Waals surface area contributed by atoms with E-state index in [2.05, 4.69) is 0 Å². The summed E-state index contributed by atoms with van der Waals surface area (Å²) in [6.07, 6.45) is -0.439. The molecule has 76 valence electrons. The van der Waals surface area contributed by atoms with Crippen LogP contribution in [0.5, 0.6) is 0 Å². The highest BCUT2D eigenvalue weighted by Gasteiger charge is 2.12. The van der Waals surface area contributed by atoms with Crippen molar-refractivity contribution in [2.24, 2.45) is 0 Å². The van der Waals surface area contributed by atoms with Gasteiger partial charge in [-0.05, 0) is 18.6 Å². The molecule has 0 bridgehead atoms. The van der Waals surface area contributed by atoms with Gasteiger partial charge in [0.15, 0.2) is 0 Å². The topological polar surface area (TPSA) is 87.7 Å². The van der Waals surface area contributed by atoms with Gasteiger partial charge in [0.05, 0.1) is 0 Å². The first-order chi connectivity index (χ1) is 6.49. The molecule has 1 heterocycles. The molecular weight excluding hydrogens is 188 g/mol. The minimum atomic E-state index is -0.999. The van der Waals surface area contributed by atoms with E-state index in [0.717, 1.165) is 0 Å². The lowest BCUT2D eigenvalue weighted by atomic mass is 10.2. The summed E-state index contributed by atoms with van der Waals surface area (Å²) in [5, 5.41) is 17.0. The van der Waals surface area contributed by atoms with Gasteiger partial charge >= 0.3 is 11.9 Å². The Labute approximate surface area is 80.0 Å². The lowest BCUT2D eigenvalue weighted by molar-refractivity contribution is -0.137. The summed E-state index contributed by atoms with van der Waals surface area (Å²) in [5.74, 6) is -1.40. The number of aliphatic carboxylic acids is 2. The molecule has 0 aliphatic rings. The van der Waals surface area contributed by atoms with Crippen LogP contribution in [0.4, 0.5) is 0 Å². The fraction of sp³-hybridized carbons (Fsp3) is 0.333. The van der Waals surface area contributed by atoms with E-state index in [1.807, 2.05) is 0 Å². The first kappa shape index (κ1) is 10.3. The highest BCUT2D eigenvalue weighted by atomic mass is 16.4. The predicted octanol–water partition coefficient (Wildman–Crippen LogP) is 0.842. The van der Waals surface area contributed by atoms with Gasteiger partial charge in [-0.1, -0.05) is 0 Å². The summed E-state index contributed by atoms with van der Waals surface area (Å²) in [6, 6.07) is 1.55. The minimum absolute atomic E-state index is 0.217. The Balaban J connectivity index is 2.81. The van der Waals surface area contributed by atoms with Gasteiger partial charge in [0.2, 0.25) is 0 Å². The largest absolute Gasteiger partial charge is 0.481 e. The molecule has 0 unspecified atom stereocenters. The quantitative estimate of drug-likeness (QED) is 0.748. The maximum Gasteiger partial charge on any atom is 0.311 e. The zero-order valence-electron chi connectivity index (χ0n) is 7.61. The fourth-order valence-electron chi connectivity index (χ4n) is 1.14. The number of carboxylic acid groups (broad SMARTS) is 2. The predicted molar refractivity (Wildman–Crippen MR) is 46.1 cm³/mol. The van der Waals surface area contributed by atoms with Gasteiger partial charge in [-0.15, -0.1) is 0 Å². The van der Waals surface area contributed by atoms with Crippen molar-refractivity contribution >= 4 is 11.9 Å². The summed E-state index contributed by atoms with van der Waals surface area (Å²) in [7, 11) is 0. The van der Waals surface area contributed by atoms with Crippen molar-refractivity contribution in [3.05, 3.63) is 23.2 Å². The Kier molecular flexibility index (Phi) is 2.91. The van der Waals surface area contributed by atoms with Gasteiger partial charge in [-0.25, -0.2) is 0 Å². The molecule has 0 saturated carbocycles. The first-order valence-electron chi connectivity index (χ1n) is 4.01. The normalized spacial score (nSPS) is 10.1. The number of hydrogen-bond donors (Lipinski definition) is 2. The summed E-state index contributed by atoms with van der Waals surface area (Å²) >= 11 is 0. The van der Waals surface area contributed by atoms with E-state index >= 15 is 0 Å². The molecule has 5 nitrogen and oxygen atoms in total. The smallest absolute Gasteiger partial charge is 0.311 e. The first-order valence-corrected chi connectivity index (χ1v) is 4.01. The molecule has 0 aliphatic heterocycles. The summed E-state index contributed by atoms with van der Waals surface area (Å²) in [5.41, 5.74) is 0.670. The standard InChI is InChI=1S/C9H10O5/c1-5-2-6(3-8(10)11)14-7(5)4-9(12)13/h2H,3-4H2,1H3,(H,10,11)(H,12,13). The number of hydrogen-bond acceptors (Lipinski definition) is 3. The molecule has 5 heteroatoms. The molecule has 0 aliphatic carbocycles. The van der Waals surface area contributed by atoms with Crippen LogP contribution >= 0.6 is 0 Å². The molecule has 1 aromatic heterocycles. The molecular formula is C9H10O5. The van der Waals surface area contributed by atoms with Crippen molar-refractivity contribution in [3.63, 3.8) is 0 Å². The maximum absolute atomic E-state index is 10.4. The summed E-state index contributed by atoms with van der Waals surface area (Å²) in [6.45, 7) is 1.69. The van der Waals surface area contributed by atoms with E-state index in [4.69, 9.17) is 14.6 Å². The van der Waals surface area contributed by atoms with Gasteiger partial charge in [0.25, 0.3) is 0 Å². The second-order valence-electron chi connectivity index (χ2n) is 2.96. The van der Waals surface area contributed by atoms with Gasteiger partial charge in [-0.3, -0.25) is 9.59 Å². The molecule has 0 radical (unpaired) electrons. The third-order valence-electron chi connectivity index (χ3n) is 1.71.